The average Bonchev–Trinajstić information content (AvgIpc) is 2.08. The van der Waals surface area contributed by atoms with Crippen LogP contribution in [0.2, 0.25) is 0 Å². The first-order valence-corrected chi connectivity index (χ1v) is 6.49. The summed E-state index contributed by atoms with van der Waals surface area (Å²) in [6.45, 7) is 4.03. The highest BCUT2D eigenvalue weighted by Crippen LogP contribution is 2.26. The number of allylic oxidation sites excluding steroid dienone is 3. The SMILES string of the molecule is CC1(C)C=CCC(S(=O)(=O)Cl)C=C1. The van der Waals surface area contributed by atoms with E-state index in [1.54, 1.807) is 6.08 Å². The van der Waals surface area contributed by atoms with E-state index >= 15 is 0 Å². The molecule has 0 aromatic heterocycles. The van der Waals surface area contributed by atoms with Gasteiger partial charge in [-0.3, -0.25) is 0 Å². The molecule has 0 spiro atoms. The highest BCUT2D eigenvalue weighted by Gasteiger charge is 2.22. The molecule has 1 aliphatic rings. The molecule has 74 valence electrons. The first-order chi connectivity index (χ1) is 5.81. The molecule has 1 atom stereocenters. The van der Waals surface area contributed by atoms with Crippen LogP contribution in [0.4, 0.5) is 0 Å². The Bertz CT molecular complexity index is 339. The van der Waals surface area contributed by atoms with Crippen molar-refractivity contribution in [3.8, 4) is 0 Å². The van der Waals surface area contributed by atoms with Crippen LogP contribution in [0.1, 0.15) is 20.3 Å². The van der Waals surface area contributed by atoms with Crippen molar-refractivity contribution in [2.75, 3.05) is 0 Å². The Morgan fingerprint density at radius 1 is 1.38 bits per heavy atom. The van der Waals surface area contributed by atoms with Gasteiger partial charge in [0.2, 0.25) is 9.05 Å². The Morgan fingerprint density at radius 2 is 2.00 bits per heavy atom. The summed E-state index contributed by atoms with van der Waals surface area (Å²) in [5, 5.41) is -0.577. The lowest BCUT2D eigenvalue weighted by atomic mass is 9.93. The molecule has 0 aromatic rings. The van der Waals surface area contributed by atoms with Gasteiger partial charge in [0.05, 0.1) is 5.25 Å². The molecule has 0 aliphatic heterocycles. The number of halogens is 1. The minimum atomic E-state index is -3.47. The van der Waals surface area contributed by atoms with E-state index in [1.165, 1.54) is 0 Å². The third kappa shape index (κ3) is 3.16. The zero-order valence-corrected chi connectivity index (χ0v) is 9.27. The van der Waals surface area contributed by atoms with Crippen molar-refractivity contribution in [3.05, 3.63) is 24.3 Å². The molecule has 1 unspecified atom stereocenters. The third-order valence-electron chi connectivity index (χ3n) is 2.02. The maximum absolute atomic E-state index is 11.0. The molecule has 4 heteroatoms. The van der Waals surface area contributed by atoms with Crippen molar-refractivity contribution in [2.45, 2.75) is 25.5 Å². The molecule has 0 fully saturated rings. The summed E-state index contributed by atoms with van der Waals surface area (Å²) in [6, 6.07) is 0. The van der Waals surface area contributed by atoms with E-state index in [2.05, 4.69) is 0 Å². The fourth-order valence-electron chi connectivity index (χ4n) is 1.20. The normalized spacial score (nSPS) is 27.2. The lowest BCUT2D eigenvalue weighted by Gasteiger charge is -2.12. The van der Waals surface area contributed by atoms with Crippen LogP contribution in [0.15, 0.2) is 24.3 Å². The molecule has 1 rings (SSSR count). The fraction of sp³-hybridized carbons (Fsp3) is 0.556. The summed E-state index contributed by atoms with van der Waals surface area (Å²) in [5.41, 5.74) is -0.0731. The quantitative estimate of drug-likeness (QED) is 0.503. The van der Waals surface area contributed by atoms with Crippen molar-refractivity contribution in [1.82, 2.24) is 0 Å². The lowest BCUT2D eigenvalue weighted by molar-refractivity contribution is 0.602. The van der Waals surface area contributed by atoms with Crippen LogP contribution in [-0.4, -0.2) is 13.7 Å². The summed E-state index contributed by atoms with van der Waals surface area (Å²) in [4.78, 5) is 0. The zero-order chi connectivity index (χ0) is 10.1. The van der Waals surface area contributed by atoms with Gasteiger partial charge in [-0.2, -0.15) is 0 Å². The van der Waals surface area contributed by atoms with Crippen LogP contribution in [-0.2, 0) is 9.05 Å². The molecule has 0 amide bonds. The second kappa shape index (κ2) is 3.46. The zero-order valence-electron chi connectivity index (χ0n) is 7.70. The lowest BCUT2D eigenvalue weighted by Crippen LogP contribution is -2.11. The first-order valence-electron chi connectivity index (χ1n) is 4.12. The van der Waals surface area contributed by atoms with Gasteiger partial charge in [0.25, 0.3) is 0 Å². The van der Waals surface area contributed by atoms with Gasteiger partial charge in [-0.05, 0) is 6.42 Å². The highest BCUT2D eigenvalue weighted by atomic mass is 35.7. The van der Waals surface area contributed by atoms with Crippen LogP contribution in [0, 0.1) is 5.41 Å². The van der Waals surface area contributed by atoms with Gasteiger partial charge in [0, 0.05) is 16.1 Å². The van der Waals surface area contributed by atoms with Crippen LogP contribution >= 0.6 is 10.7 Å². The monoisotopic (exact) mass is 220 g/mol. The topological polar surface area (TPSA) is 34.1 Å². The van der Waals surface area contributed by atoms with E-state index in [0.29, 0.717) is 6.42 Å². The van der Waals surface area contributed by atoms with Gasteiger partial charge < -0.3 is 0 Å². The van der Waals surface area contributed by atoms with Crippen molar-refractivity contribution in [3.63, 3.8) is 0 Å². The standard InChI is InChI=1S/C9H13ClO2S/c1-9(2)6-3-4-8(5-7-9)13(10,11)12/h3,5-8H,4H2,1-2H3. The summed E-state index contributed by atoms with van der Waals surface area (Å²) < 4.78 is 22.1. The average molecular weight is 221 g/mol. The van der Waals surface area contributed by atoms with E-state index < -0.39 is 14.3 Å². The molecule has 0 heterocycles. The minimum Gasteiger partial charge on any atom is -0.212 e. The first kappa shape index (κ1) is 10.8. The smallest absolute Gasteiger partial charge is 0.212 e. The maximum atomic E-state index is 11.0. The van der Waals surface area contributed by atoms with E-state index in [4.69, 9.17) is 10.7 Å². The Hall–Kier alpha value is -0.280. The Kier molecular flexibility index (Phi) is 2.88. The van der Waals surface area contributed by atoms with E-state index in [-0.39, 0.29) is 5.41 Å². The molecule has 2 nitrogen and oxygen atoms in total. The van der Waals surface area contributed by atoms with Crippen LogP contribution in [0.25, 0.3) is 0 Å². The molecule has 0 saturated heterocycles. The molecule has 13 heavy (non-hydrogen) atoms. The Labute approximate surface area is 83.7 Å². The Balaban J connectivity index is 2.94. The molecule has 0 radical (unpaired) electrons. The third-order valence-corrected chi connectivity index (χ3v) is 3.78. The van der Waals surface area contributed by atoms with Gasteiger partial charge in [0.15, 0.2) is 0 Å². The maximum Gasteiger partial charge on any atom is 0.239 e. The molecule has 0 bridgehead atoms. The van der Waals surface area contributed by atoms with Crippen LogP contribution in [0.5, 0.6) is 0 Å². The fourth-order valence-corrected chi connectivity index (χ4v) is 2.21. The number of hydrogen-bond acceptors (Lipinski definition) is 2. The van der Waals surface area contributed by atoms with Crippen molar-refractivity contribution in [2.24, 2.45) is 5.41 Å². The second-order valence-electron chi connectivity index (χ2n) is 3.83. The van der Waals surface area contributed by atoms with Gasteiger partial charge in [-0.25, -0.2) is 8.42 Å². The number of rotatable bonds is 1. The molecule has 0 saturated carbocycles. The van der Waals surface area contributed by atoms with Gasteiger partial charge in [-0.1, -0.05) is 38.2 Å². The highest BCUT2D eigenvalue weighted by molar-refractivity contribution is 8.14. The van der Waals surface area contributed by atoms with Crippen LogP contribution in [0.3, 0.4) is 0 Å². The van der Waals surface area contributed by atoms with Crippen molar-refractivity contribution in [1.29, 1.82) is 0 Å². The van der Waals surface area contributed by atoms with E-state index in [9.17, 15) is 8.42 Å². The van der Waals surface area contributed by atoms with Gasteiger partial charge >= 0.3 is 0 Å². The van der Waals surface area contributed by atoms with E-state index in [0.717, 1.165) is 0 Å². The minimum absolute atomic E-state index is 0.0731. The summed E-state index contributed by atoms with van der Waals surface area (Å²) in [6.07, 6.45) is 7.87. The second-order valence-corrected chi connectivity index (χ2v) is 6.68. The molecule has 0 aromatic carbocycles. The summed E-state index contributed by atoms with van der Waals surface area (Å²) in [7, 11) is 1.80. The van der Waals surface area contributed by atoms with Crippen molar-refractivity contribution >= 4 is 19.7 Å². The predicted molar refractivity (Wildman–Crippen MR) is 55.2 cm³/mol. The van der Waals surface area contributed by atoms with Crippen molar-refractivity contribution < 1.29 is 8.42 Å². The summed E-state index contributed by atoms with van der Waals surface area (Å²) in [5.74, 6) is 0. The number of hydrogen-bond donors (Lipinski definition) is 0. The summed E-state index contributed by atoms with van der Waals surface area (Å²) >= 11 is 0. The largest absolute Gasteiger partial charge is 0.239 e. The molecule has 0 N–H and O–H groups in total. The molecular weight excluding hydrogens is 208 g/mol. The Morgan fingerprint density at radius 3 is 2.54 bits per heavy atom. The predicted octanol–water partition coefficient (Wildman–Crippen LogP) is 2.47. The van der Waals surface area contributed by atoms with E-state index in [1.807, 2.05) is 32.1 Å². The van der Waals surface area contributed by atoms with Gasteiger partial charge in [-0.15, -0.1) is 0 Å². The molecule has 1 aliphatic carbocycles. The van der Waals surface area contributed by atoms with Crippen LogP contribution < -0.4 is 0 Å². The molecular formula is C9H13ClO2S. The van der Waals surface area contributed by atoms with Gasteiger partial charge in [0.1, 0.15) is 0 Å².